The second kappa shape index (κ2) is 12.6. The van der Waals surface area contributed by atoms with E-state index in [0.717, 1.165) is 16.0 Å². The van der Waals surface area contributed by atoms with Crippen LogP contribution in [-0.4, -0.2) is 56.4 Å². The van der Waals surface area contributed by atoms with Gasteiger partial charge in [0.1, 0.15) is 16.6 Å². The van der Waals surface area contributed by atoms with Gasteiger partial charge in [0.2, 0.25) is 0 Å². The van der Waals surface area contributed by atoms with E-state index in [1.807, 2.05) is 24.1 Å². The Bertz CT molecular complexity index is 1120. The summed E-state index contributed by atoms with van der Waals surface area (Å²) in [6, 6.07) is 11.0. The minimum atomic E-state index is -0.668. The number of ether oxygens (including phenoxy) is 1. The highest BCUT2D eigenvalue weighted by Gasteiger charge is 2.26. The first kappa shape index (κ1) is 26.6. The highest BCUT2D eigenvalue weighted by molar-refractivity contribution is 7.20. The zero-order valence-corrected chi connectivity index (χ0v) is 20.6. The van der Waals surface area contributed by atoms with Gasteiger partial charge in [-0.05, 0) is 42.4 Å². The summed E-state index contributed by atoms with van der Waals surface area (Å²) in [7, 11) is 3.54. The van der Waals surface area contributed by atoms with Gasteiger partial charge >= 0.3 is 0 Å². The van der Waals surface area contributed by atoms with Crippen LogP contribution in [0.15, 0.2) is 42.5 Å². The number of benzene rings is 2. The van der Waals surface area contributed by atoms with Crippen LogP contribution >= 0.6 is 11.3 Å². The van der Waals surface area contributed by atoms with E-state index in [-0.39, 0.29) is 31.2 Å². The Morgan fingerprint density at radius 2 is 1.83 bits per heavy atom. The molecule has 0 aliphatic carbocycles. The Kier molecular flexibility index (Phi) is 9.55. The number of nitrogen functional groups attached to an aromatic ring is 1. The lowest BCUT2D eigenvalue weighted by Gasteiger charge is -2.18. The van der Waals surface area contributed by atoms with Crippen molar-refractivity contribution >= 4 is 27.9 Å². The number of thiophene rings is 1. The number of carbonyl (C=O) groups excluding carboxylic acids is 1. The molecule has 1 amide bonds. The predicted octanol–water partition coefficient (Wildman–Crippen LogP) is 3.69. The van der Waals surface area contributed by atoms with Crippen molar-refractivity contribution in [2.24, 2.45) is 0 Å². The summed E-state index contributed by atoms with van der Waals surface area (Å²) < 4.78 is 33.7. The Hall–Kier alpha value is -3.05. The quantitative estimate of drug-likeness (QED) is 0.281. The minimum Gasteiger partial charge on any atom is -0.399 e. The number of likely N-dealkylation sites (N-methyl/N-ethyl adjacent to an activating group) is 1. The predicted molar refractivity (Wildman–Crippen MR) is 135 cm³/mol. The third-order valence-electron chi connectivity index (χ3n) is 5.40. The van der Waals surface area contributed by atoms with Crippen LogP contribution in [0.3, 0.4) is 0 Å². The van der Waals surface area contributed by atoms with Gasteiger partial charge in [0.15, 0.2) is 0 Å². The number of aliphatic hydroxyl groups is 1. The van der Waals surface area contributed by atoms with E-state index in [4.69, 9.17) is 10.5 Å². The Morgan fingerprint density at radius 3 is 2.46 bits per heavy atom. The molecule has 3 rings (SSSR count). The molecule has 5 N–H and O–H groups in total. The Labute approximate surface area is 207 Å². The lowest BCUT2D eigenvalue weighted by molar-refractivity contribution is 0.0944. The normalized spacial score (nSPS) is 11.1. The van der Waals surface area contributed by atoms with Gasteiger partial charge in [0, 0.05) is 49.4 Å². The summed E-state index contributed by atoms with van der Waals surface area (Å²) in [4.78, 5) is 16.1. The lowest BCUT2D eigenvalue weighted by atomic mass is 10.0. The summed E-state index contributed by atoms with van der Waals surface area (Å²) in [6.45, 7) is 1.30. The standard InChI is InChI=1S/C25H30F2N4O3S/c1-31(11-13-34-2)15-19-22(24(33)29-10-12-32)25(30-14-18-20(26)4-3-5-21(18)27)35-23(19)16-6-8-17(28)9-7-16/h3-9,30,32H,10-15,28H2,1-2H3,(H,29,33). The van der Waals surface area contributed by atoms with Crippen molar-refractivity contribution < 1.29 is 23.4 Å². The molecule has 0 aliphatic heterocycles. The number of carbonyl (C=O) groups is 1. The molecule has 0 radical (unpaired) electrons. The topological polar surface area (TPSA) is 99.9 Å². The van der Waals surface area contributed by atoms with Crippen LogP contribution in [-0.2, 0) is 17.8 Å². The van der Waals surface area contributed by atoms with Crippen LogP contribution in [0.25, 0.3) is 10.4 Å². The van der Waals surface area contributed by atoms with Crippen LogP contribution in [0.5, 0.6) is 0 Å². The maximum absolute atomic E-state index is 14.2. The van der Waals surface area contributed by atoms with Crippen molar-refractivity contribution in [1.82, 2.24) is 10.2 Å². The second-order valence-corrected chi connectivity index (χ2v) is 9.02. The number of hydrogen-bond donors (Lipinski definition) is 4. The fourth-order valence-electron chi connectivity index (χ4n) is 3.57. The van der Waals surface area contributed by atoms with Crippen molar-refractivity contribution in [3.8, 4) is 10.4 Å². The molecule has 0 saturated carbocycles. The van der Waals surface area contributed by atoms with Gasteiger partial charge in [-0.2, -0.15) is 0 Å². The van der Waals surface area contributed by atoms with Crippen molar-refractivity contribution in [3.05, 3.63) is 70.8 Å². The van der Waals surface area contributed by atoms with E-state index >= 15 is 0 Å². The van der Waals surface area contributed by atoms with Crippen LogP contribution in [0, 0.1) is 11.6 Å². The molecule has 0 fully saturated rings. The monoisotopic (exact) mass is 504 g/mol. The van der Waals surface area contributed by atoms with Crippen LogP contribution < -0.4 is 16.4 Å². The molecule has 0 atom stereocenters. The third kappa shape index (κ3) is 6.76. The molecule has 35 heavy (non-hydrogen) atoms. The van der Waals surface area contributed by atoms with Gasteiger partial charge in [-0.15, -0.1) is 11.3 Å². The summed E-state index contributed by atoms with van der Waals surface area (Å²) in [5.74, 6) is -1.72. The number of hydrogen-bond acceptors (Lipinski definition) is 7. The summed E-state index contributed by atoms with van der Waals surface area (Å²) >= 11 is 1.33. The summed E-state index contributed by atoms with van der Waals surface area (Å²) in [5, 5.41) is 15.5. The number of rotatable bonds is 12. The van der Waals surface area contributed by atoms with E-state index in [1.54, 1.807) is 19.2 Å². The van der Waals surface area contributed by atoms with Gasteiger partial charge in [0.05, 0.1) is 18.8 Å². The highest BCUT2D eigenvalue weighted by atomic mass is 32.1. The molecule has 2 aromatic carbocycles. The fourth-order valence-corrected chi connectivity index (χ4v) is 4.78. The zero-order valence-electron chi connectivity index (χ0n) is 19.7. The van der Waals surface area contributed by atoms with Crippen molar-refractivity contribution in [3.63, 3.8) is 0 Å². The first-order valence-electron chi connectivity index (χ1n) is 11.1. The maximum Gasteiger partial charge on any atom is 0.254 e. The smallest absolute Gasteiger partial charge is 0.254 e. The molecule has 188 valence electrons. The van der Waals surface area contributed by atoms with E-state index in [1.165, 1.54) is 29.5 Å². The number of methoxy groups -OCH3 is 1. The summed E-state index contributed by atoms with van der Waals surface area (Å²) in [6.07, 6.45) is 0. The molecule has 3 aromatic rings. The average molecular weight is 505 g/mol. The van der Waals surface area contributed by atoms with Gasteiger partial charge in [-0.3, -0.25) is 9.69 Å². The van der Waals surface area contributed by atoms with E-state index in [0.29, 0.717) is 35.9 Å². The number of anilines is 2. The lowest BCUT2D eigenvalue weighted by Crippen LogP contribution is -2.29. The number of nitrogens with one attached hydrogen (secondary N) is 2. The number of nitrogens with two attached hydrogens (primary N) is 1. The highest BCUT2D eigenvalue weighted by Crippen LogP contribution is 2.41. The molecule has 0 unspecified atom stereocenters. The molecule has 1 heterocycles. The summed E-state index contributed by atoms with van der Waals surface area (Å²) in [5.41, 5.74) is 8.35. The average Bonchev–Trinajstić information content (AvgIpc) is 3.19. The number of aliphatic hydroxyl groups excluding tert-OH is 1. The molecule has 0 aliphatic rings. The van der Waals surface area contributed by atoms with Gasteiger partial charge in [-0.1, -0.05) is 18.2 Å². The molecule has 0 saturated heterocycles. The maximum atomic E-state index is 14.2. The Balaban J connectivity index is 2.08. The number of halogens is 2. The third-order valence-corrected chi connectivity index (χ3v) is 6.64. The van der Waals surface area contributed by atoms with E-state index < -0.39 is 11.6 Å². The van der Waals surface area contributed by atoms with Crippen molar-refractivity contribution in [1.29, 1.82) is 0 Å². The van der Waals surface area contributed by atoms with E-state index in [9.17, 15) is 18.7 Å². The molecule has 10 heteroatoms. The van der Waals surface area contributed by atoms with Crippen molar-refractivity contribution in [2.45, 2.75) is 13.1 Å². The number of nitrogens with zero attached hydrogens (tertiary/aromatic N) is 1. The molecule has 0 spiro atoms. The van der Waals surface area contributed by atoms with Crippen LogP contribution in [0.4, 0.5) is 19.5 Å². The first-order valence-corrected chi connectivity index (χ1v) is 11.9. The van der Waals surface area contributed by atoms with Gasteiger partial charge in [0.25, 0.3) is 5.91 Å². The SMILES string of the molecule is COCCN(C)Cc1c(-c2ccc(N)cc2)sc(NCc2c(F)cccc2F)c1C(=O)NCCO. The van der Waals surface area contributed by atoms with Gasteiger partial charge < -0.3 is 26.2 Å². The molecular formula is C25H30F2N4O3S. The van der Waals surface area contributed by atoms with Crippen LogP contribution in [0.2, 0.25) is 0 Å². The van der Waals surface area contributed by atoms with Crippen molar-refractivity contribution in [2.75, 3.05) is 51.5 Å². The Morgan fingerprint density at radius 1 is 1.14 bits per heavy atom. The van der Waals surface area contributed by atoms with Gasteiger partial charge in [-0.25, -0.2) is 8.78 Å². The number of amides is 1. The molecule has 0 bridgehead atoms. The van der Waals surface area contributed by atoms with E-state index in [2.05, 4.69) is 10.6 Å². The molecule has 1 aromatic heterocycles. The first-order chi connectivity index (χ1) is 16.8. The fraction of sp³-hybridized carbons (Fsp3) is 0.320. The minimum absolute atomic E-state index is 0.0756. The largest absolute Gasteiger partial charge is 0.399 e. The zero-order chi connectivity index (χ0) is 25.4. The molecule has 7 nitrogen and oxygen atoms in total. The van der Waals surface area contributed by atoms with Crippen LogP contribution in [0.1, 0.15) is 21.5 Å². The molecular weight excluding hydrogens is 474 g/mol. The second-order valence-electron chi connectivity index (χ2n) is 8.00.